The smallest absolute Gasteiger partial charge is 0.309 e. The summed E-state index contributed by atoms with van der Waals surface area (Å²) in [5.74, 6) is 1.09. The number of piperidine rings is 1. The van der Waals surface area contributed by atoms with Crippen LogP contribution in [0.15, 0.2) is 4.42 Å². The normalized spacial score (nSPS) is 20.9. The number of hydrogen-bond donors (Lipinski definition) is 0. The third kappa shape index (κ3) is 3.56. The molecule has 0 unspecified atom stereocenters. The van der Waals surface area contributed by atoms with Gasteiger partial charge in [0.05, 0.1) is 19.6 Å². The second kappa shape index (κ2) is 5.91. The van der Waals surface area contributed by atoms with Gasteiger partial charge in [-0.05, 0) is 19.4 Å². The molecule has 20 heavy (non-hydrogen) atoms. The first-order valence-electron chi connectivity index (χ1n) is 7.03. The fourth-order valence-corrected chi connectivity index (χ4v) is 2.37. The van der Waals surface area contributed by atoms with Crippen molar-refractivity contribution in [3.8, 4) is 0 Å². The molecule has 0 bridgehead atoms. The van der Waals surface area contributed by atoms with E-state index in [1.807, 2.05) is 20.8 Å². The number of carbonyl (C=O) groups is 1. The third-order valence-corrected chi connectivity index (χ3v) is 3.51. The largest absolute Gasteiger partial charge is 0.469 e. The molecule has 1 fully saturated rings. The van der Waals surface area contributed by atoms with Gasteiger partial charge in [0.1, 0.15) is 0 Å². The first-order chi connectivity index (χ1) is 9.40. The molecule has 1 aromatic heterocycles. The van der Waals surface area contributed by atoms with Crippen molar-refractivity contribution >= 4 is 5.97 Å². The lowest BCUT2D eigenvalue weighted by atomic mass is 9.97. The number of methoxy groups -OCH3 is 1. The molecule has 6 heteroatoms. The van der Waals surface area contributed by atoms with Gasteiger partial charge in [-0.25, -0.2) is 0 Å². The van der Waals surface area contributed by atoms with Crippen LogP contribution in [0.1, 0.15) is 45.4 Å². The van der Waals surface area contributed by atoms with Crippen molar-refractivity contribution < 1.29 is 13.9 Å². The van der Waals surface area contributed by atoms with Crippen LogP contribution < -0.4 is 0 Å². The number of esters is 1. The van der Waals surface area contributed by atoms with Crippen LogP contribution in [-0.4, -0.2) is 41.3 Å². The van der Waals surface area contributed by atoms with Gasteiger partial charge in [0.2, 0.25) is 11.8 Å². The molecule has 0 N–H and O–H groups in total. The Hall–Kier alpha value is -1.43. The van der Waals surface area contributed by atoms with E-state index in [0.717, 1.165) is 19.4 Å². The number of aromatic nitrogens is 2. The minimum absolute atomic E-state index is 0.0428. The molecule has 1 atom stereocenters. The zero-order valence-corrected chi connectivity index (χ0v) is 12.7. The van der Waals surface area contributed by atoms with E-state index < -0.39 is 0 Å². The Labute approximate surface area is 119 Å². The lowest BCUT2D eigenvalue weighted by Gasteiger charge is -2.30. The summed E-state index contributed by atoms with van der Waals surface area (Å²) >= 11 is 0. The number of nitrogens with zero attached hydrogens (tertiary/aromatic N) is 3. The van der Waals surface area contributed by atoms with Crippen LogP contribution >= 0.6 is 0 Å². The highest BCUT2D eigenvalue weighted by Gasteiger charge is 2.28. The highest BCUT2D eigenvalue weighted by molar-refractivity contribution is 5.72. The minimum Gasteiger partial charge on any atom is -0.469 e. The molecule has 0 aromatic carbocycles. The lowest BCUT2D eigenvalue weighted by Crippen LogP contribution is -2.38. The van der Waals surface area contributed by atoms with Crippen LogP contribution in [0.25, 0.3) is 0 Å². The first-order valence-corrected chi connectivity index (χ1v) is 7.03. The molecular weight excluding hydrogens is 258 g/mol. The summed E-state index contributed by atoms with van der Waals surface area (Å²) < 4.78 is 10.5. The molecule has 2 heterocycles. The second-order valence-corrected chi connectivity index (χ2v) is 6.35. The van der Waals surface area contributed by atoms with E-state index in [1.54, 1.807) is 0 Å². The summed E-state index contributed by atoms with van der Waals surface area (Å²) in [6.45, 7) is 8.35. The molecule has 1 aromatic rings. The number of ether oxygens (including phenoxy) is 1. The molecular formula is C14H23N3O3. The van der Waals surface area contributed by atoms with Gasteiger partial charge in [0.15, 0.2) is 0 Å². The third-order valence-electron chi connectivity index (χ3n) is 3.51. The summed E-state index contributed by atoms with van der Waals surface area (Å²) in [7, 11) is 1.44. The Morgan fingerprint density at radius 2 is 2.20 bits per heavy atom. The highest BCUT2D eigenvalue weighted by Crippen LogP contribution is 2.22. The maximum atomic E-state index is 11.6. The fraction of sp³-hybridized carbons (Fsp3) is 0.786. The van der Waals surface area contributed by atoms with E-state index in [9.17, 15) is 4.79 Å². The van der Waals surface area contributed by atoms with Crippen LogP contribution in [0, 0.1) is 5.92 Å². The van der Waals surface area contributed by atoms with Crippen molar-refractivity contribution in [1.29, 1.82) is 0 Å². The van der Waals surface area contributed by atoms with Crippen LogP contribution in [0.5, 0.6) is 0 Å². The molecule has 1 saturated heterocycles. The van der Waals surface area contributed by atoms with Gasteiger partial charge in [-0.15, -0.1) is 10.2 Å². The predicted octanol–water partition coefficient (Wildman–Crippen LogP) is 1.75. The summed E-state index contributed by atoms with van der Waals surface area (Å²) in [5.41, 5.74) is -0.137. The van der Waals surface area contributed by atoms with Crippen molar-refractivity contribution in [2.75, 3.05) is 20.2 Å². The van der Waals surface area contributed by atoms with E-state index in [0.29, 0.717) is 24.9 Å². The van der Waals surface area contributed by atoms with Gasteiger partial charge in [0.25, 0.3) is 0 Å². The molecule has 6 nitrogen and oxygen atoms in total. The van der Waals surface area contributed by atoms with Gasteiger partial charge in [-0.1, -0.05) is 20.8 Å². The van der Waals surface area contributed by atoms with Crippen molar-refractivity contribution in [3.05, 3.63) is 11.8 Å². The SMILES string of the molecule is COC(=O)[C@H]1CCCN(Cc2nnc(C(C)(C)C)o2)C1. The van der Waals surface area contributed by atoms with Gasteiger partial charge < -0.3 is 9.15 Å². The average Bonchev–Trinajstić information content (AvgIpc) is 2.86. The molecule has 0 radical (unpaired) electrons. The van der Waals surface area contributed by atoms with Crippen LogP contribution in [-0.2, 0) is 21.5 Å². The molecule has 1 aliphatic rings. The molecule has 0 spiro atoms. The van der Waals surface area contributed by atoms with Gasteiger partial charge >= 0.3 is 5.97 Å². The van der Waals surface area contributed by atoms with E-state index in [1.165, 1.54) is 7.11 Å². The average molecular weight is 281 g/mol. The Balaban J connectivity index is 1.96. The summed E-state index contributed by atoms with van der Waals surface area (Å²) in [6.07, 6.45) is 1.88. The second-order valence-electron chi connectivity index (χ2n) is 6.35. The van der Waals surface area contributed by atoms with Gasteiger partial charge in [0, 0.05) is 12.0 Å². The van der Waals surface area contributed by atoms with Gasteiger partial charge in [-0.3, -0.25) is 9.69 Å². The Morgan fingerprint density at radius 1 is 1.45 bits per heavy atom. The number of rotatable bonds is 3. The zero-order valence-electron chi connectivity index (χ0n) is 12.7. The van der Waals surface area contributed by atoms with Crippen LogP contribution in [0.4, 0.5) is 0 Å². The lowest BCUT2D eigenvalue weighted by molar-refractivity contribution is -0.147. The van der Waals surface area contributed by atoms with Crippen LogP contribution in [0.3, 0.4) is 0 Å². The Morgan fingerprint density at radius 3 is 2.80 bits per heavy atom. The molecule has 0 aliphatic carbocycles. The molecule has 2 rings (SSSR count). The Bertz CT molecular complexity index is 464. The Kier molecular flexibility index (Phi) is 4.42. The predicted molar refractivity (Wildman–Crippen MR) is 73.0 cm³/mol. The van der Waals surface area contributed by atoms with E-state index in [4.69, 9.17) is 9.15 Å². The fourth-order valence-electron chi connectivity index (χ4n) is 2.37. The van der Waals surface area contributed by atoms with E-state index >= 15 is 0 Å². The topological polar surface area (TPSA) is 68.5 Å². The zero-order chi connectivity index (χ0) is 14.8. The molecule has 0 saturated carbocycles. The van der Waals surface area contributed by atoms with Gasteiger partial charge in [-0.2, -0.15) is 0 Å². The van der Waals surface area contributed by atoms with E-state index in [2.05, 4.69) is 15.1 Å². The monoisotopic (exact) mass is 281 g/mol. The first kappa shape index (κ1) is 15.0. The summed E-state index contributed by atoms with van der Waals surface area (Å²) in [5, 5.41) is 8.18. The molecule has 0 amide bonds. The van der Waals surface area contributed by atoms with E-state index in [-0.39, 0.29) is 17.3 Å². The summed E-state index contributed by atoms with van der Waals surface area (Å²) in [4.78, 5) is 13.8. The quantitative estimate of drug-likeness (QED) is 0.786. The van der Waals surface area contributed by atoms with Crippen molar-refractivity contribution in [3.63, 3.8) is 0 Å². The number of carbonyl (C=O) groups excluding carboxylic acids is 1. The maximum absolute atomic E-state index is 11.6. The molecule has 112 valence electrons. The van der Waals surface area contributed by atoms with Crippen molar-refractivity contribution in [2.24, 2.45) is 5.92 Å². The molecule has 1 aliphatic heterocycles. The minimum atomic E-state index is -0.137. The maximum Gasteiger partial charge on any atom is 0.309 e. The number of likely N-dealkylation sites (tertiary alicyclic amines) is 1. The van der Waals surface area contributed by atoms with Crippen molar-refractivity contribution in [2.45, 2.75) is 45.6 Å². The van der Waals surface area contributed by atoms with Crippen LogP contribution in [0.2, 0.25) is 0 Å². The van der Waals surface area contributed by atoms with Crippen molar-refractivity contribution in [1.82, 2.24) is 15.1 Å². The standard InChI is InChI=1S/C14H23N3O3/c1-14(2,3)13-16-15-11(20-13)9-17-7-5-6-10(8-17)12(18)19-4/h10H,5-9H2,1-4H3/t10-/m0/s1. The summed E-state index contributed by atoms with van der Waals surface area (Å²) in [6, 6.07) is 0. The highest BCUT2D eigenvalue weighted by atomic mass is 16.5. The number of hydrogen-bond acceptors (Lipinski definition) is 6.